The Labute approximate surface area is 91.9 Å². The summed E-state index contributed by atoms with van der Waals surface area (Å²) in [5, 5.41) is 19.9. The summed E-state index contributed by atoms with van der Waals surface area (Å²) in [6.45, 7) is 1.88. The largest absolute Gasteiger partial charge is 0.390 e. The molecule has 0 aliphatic heterocycles. The van der Waals surface area contributed by atoms with Crippen LogP contribution in [0.25, 0.3) is 0 Å². The van der Waals surface area contributed by atoms with Gasteiger partial charge in [-0.25, -0.2) is 0 Å². The Bertz CT molecular complexity index is 276. The topological polar surface area (TPSA) is 53.4 Å². The van der Waals surface area contributed by atoms with E-state index in [-0.39, 0.29) is 0 Å². The molecule has 1 heterocycles. The van der Waals surface area contributed by atoms with Crippen molar-refractivity contribution in [3.05, 3.63) is 29.6 Å². The molecule has 2 unspecified atom stereocenters. The maximum absolute atomic E-state index is 9.70. The number of hydrogen-bond donors (Lipinski definition) is 2. The molecule has 0 saturated carbocycles. The second kappa shape index (κ2) is 5.44. The van der Waals surface area contributed by atoms with Gasteiger partial charge in [0.1, 0.15) is 6.10 Å². The third-order valence-corrected chi connectivity index (χ3v) is 2.50. The first-order valence-electron chi connectivity index (χ1n) is 4.50. The minimum Gasteiger partial charge on any atom is -0.390 e. The maximum atomic E-state index is 9.70. The molecule has 1 rings (SSSR count). The van der Waals surface area contributed by atoms with Crippen LogP contribution in [0.3, 0.4) is 0 Å². The predicted octanol–water partition coefficient (Wildman–Crippen LogP) is 1.57. The van der Waals surface area contributed by atoms with Crippen LogP contribution in [0.15, 0.2) is 18.3 Å². The standard InChI is InChI=1S/C10H14BrNO2/c1-7-2-3-8(6-12-7)10(14)9(13)4-5-11/h2-3,6,9-10,13-14H,4-5H2,1H3. The van der Waals surface area contributed by atoms with Gasteiger partial charge in [0.2, 0.25) is 0 Å². The van der Waals surface area contributed by atoms with Gasteiger partial charge in [-0.1, -0.05) is 22.0 Å². The number of halogens is 1. The number of nitrogens with zero attached hydrogens (tertiary/aromatic N) is 1. The summed E-state index contributed by atoms with van der Waals surface area (Å²) in [5.74, 6) is 0. The summed E-state index contributed by atoms with van der Waals surface area (Å²) < 4.78 is 0. The highest BCUT2D eigenvalue weighted by molar-refractivity contribution is 9.09. The molecule has 0 aromatic carbocycles. The Balaban J connectivity index is 2.68. The number of hydrogen-bond acceptors (Lipinski definition) is 3. The van der Waals surface area contributed by atoms with E-state index in [0.29, 0.717) is 17.3 Å². The first-order chi connectivity index (χ1) is 6.65. The van der Waals surface area contributed by atoms with Gasteiger partial charge in [-0.3, -0.25) is 4.98 Å². The van der Waals surface area contributed by atoms with Crippen molar-refractivity contribution in [2.75, 3.05) is 5.33 Å². The summed E-state index contributed by atoms with van der Waals surface area (Å²) in [6.07, 6.45) is 0.534. The van der Waals surface area contributed by atoms with Crippen molar-refractivity contribution in [3.63, 3.8) is 0 Å². The zero-order valence-corrected chi connectivity index (χ0v) is 9.61. The van der Waals surface area contributed by atoms with Gasteiger partial charge in [-0.15, -0.1) is 0 Å². The fraction of sp³-hybridized carbons (Fsp3) is 0.500. The lowest BCUT2D eigenvalue weighted by molar-refractivity contribution is 0.0171. The summed E-state index contributed by atoms with van der Waals surface area (Å²) >= 11 is 3.22. The lowest BCUT2D eigenvalue weighted by Crippen LogP contribution is -2.18. The molecule has 0 radical (unpaired) electrons. The van der Waals surface area contributed by atoms with E-state index >= 15 is 0 Å². The third kappa shape index (κ3) is 3.04. The molecule has 0 spiro atoms. The Morgan fingerprint density at radius 3 is 2.64 bits per heavy atom. The highest BCUT2D eigenvalue weighted by Gasteiger charge is 2.17. The monoisotopic (exact) mass is 259 g/mol. The third-order valence-electron chi connectivity index (χ3n) is 2.05. The van der Waals surface area contributed by atoms with Crippen molar-refractivity contribution < 1.29 is 10.2 Å². The summed E-state index contributed by atoms with van der Waals surface area (Å²) in [6, 6.07) is 3.60. The number of aliphatic hydroxyl groups is 2. The molecule has 0 bridgehead atoms. The van der Waals surface area contributed by atoms with E-state index < -0.39 is 12.2 Å². The van der Waals surface area contributed by atoms with Crippen molar-refractivity contribution in [3.8, 4) is 0 Å². The van der Waals surface area contributed by atoms with Crippen LogP contribution in [0.4, 0.5) is 0 Å². The predicted molar refractivity (Wildman–Crippen MR) is 58.4 cm³/mol. The molecule has 2 atom stereocenters. The number of rotatable bonds is 4. The van der Waals surface area contributed by atoms with E-state index in [1.807, 2.05) is 13.0 Å². The molecule has 78 valence electrons. The molecule has 14 heavy (non-hydrogen) atoms. The zero-order valence-electron chi connectivity index (χ0n) is 8.02. The highest BCUT2D eigenvalue weighted by Crippen LogP contribution is 2.18. The van der Waals surface area contributed by atoms with E-state index in [1.54, 1.807) is 12.3 Å². The Morgan fingerprint density at radius 1 is 1.43 bits per heavy atom. The summed E-state index contributed by atoms with van der Waals surface area (Å²) in [4.78, 5) is 4.06. The Hall–Kier alpha value is -0.450. The second-order valence-electron chi connectivity index (χ2n) is 3.22. The smallest absolute Gasteiger partial charge is 0.106 e. The molecule has 0 saturated heterocycles. The van der Waals surface area contributed by atoms with E-state index in [9.17, 15) is 10.2 Å². The van der Waals surface area contributed by atoms with Crippen molar-refractivity contribution in [2.24, 2.45) is 0 Å². The first-order valence-corrected chi connectivity index (χ1v) is 5.62. The molecule has 0 aliphatic rings. The molecule has 1 aromatic heterocycles. The molecule has 2 N–H and O–H groups in total. The quantitative estimate of drug-likeness (QED) is 0.808. The van der Waals surface area contributed by atoms with Gasteiger partial charge in [0, 0.05) is 22.8 Å². The molecule has 4 heteroatoms. The molecule has 0 aliphatic carbocycles. The van der Waals surface area contributed by atoms with Crippen molar-refractivity contribution in [1.29, 1.82) is 0 Å². The average Bonchev–Trinajstić information content (AvgIpc) is 2.18. The molecule has 0 amide bonds. The minimum atomic E-state index is -0.847. The van der Waals surface area contributed by atoms with Crippen LogP contribution in [0.1, 0.15) is 23.8 Å². The van der Waals surface area contributed by atoms with Crippen molar-refractivity contribution >= 4 is 15.9 Å². The maximum Gasteiger partial charge on any atom is 0.106 e. The van der Waals surface area contributed by atoms with E-state index in [1.165, 1.54) is 0 Å². The van der Waals surface area contributed by atoms with Crippen LogP contribution < -0.4 is 0 Å². The summed E-state index contributed by atoms with van der Waals surface area (Å²) in [7, 11) is 0. The molecule has 3 nitrogen and oxygen atoms in total. The SMILES string of the molecule is Cc1ccc(C(O)C(O)CCBr)cn1. The number of alkyl halides is 1. The fourth-order valence-corrected chi connectivity index (χ4v) is 1.62. The van der Waals surface area contributed by atoms with Gasteiger partial charge >= 0.3 is 0 Å². The van der Waals surface area contributed by atoms with Crippen molar-refractivity contribution in [2.45, 2.75) is 25.6 Å². The second-order valence-corrected chi connectivity index (χ2v) is 4.02. The minimum absolute atomic E-state index is 0.523. The Morgan fingerprint density at radius 2 is 2.14 bits per heavy atom. The van der Waals surface area contributed by atoms with Gasteiger partial charge in [0.15, 0.2) is 0 Å². The van der Waals surface area contributed by atoms with Crippen LogP contribution in [-0.4, -0.2) is 26.6 Å². The fourth-order valence-electron chi connectivity index (χ4n) is 1.15. The van der Waals surface area contributed by atoms with Crippen LogP contribution in [0, 0.1) is 6.92 Å². The van der Waals surface area contributed by atoms with Gasteiger partial charge in [0.25, 0.3) is 0 Å². The van der Waals surface area contributed by atoms with E-state index in [4.69, 9.17) is 0 Å². The zero-order chi connectivity index (χ0) is 10.6. The molecular formula is C10H14BrNO2. The summed E-state index contributed by atoms with van der Waals surface area (Å²) in [5.41, 5.74) is 1.56. The highest BCUT2D eigenvalue weighted by atomic mass is 79.9. The molecular weight excluding hydrogens is 246 g/mol. The van der Waals surface area contributed by atoms with Crippen LogP contribution >= 0.6 is 15.9 Å². The Kier molecular flexibility index (Phi) is 4.51. The first kappa shape index (κ1) is 11.6. The number of aromatic nitrogens is 1. The normalized spacial score (nSPS) is 15.1. The lowest BCUT2D eigenvalue weighted by atomic mass is 10.0. The van der Waals surface area contributed by atoms with Crippen LogP contribution in [-0.2, 0) is 0 Å². The lowest BCUT2D eigenvalue weighted by Gasteiger charge is -2.16. The number of pyridine rings is 1. The van der Waals surface area contributed by atoms with Crippen molar-refractivity contribution in [1.82, 2.24) is 4.98 Å². The number of aryl methyl sites for hydroxylation is 1. The van der Waals surface area contributed by atoms with Gasteiger partial charge in [0.05, 0.1) is 6.10 Å². The van der Waals surface area contributed by atoms with Crippen LogP contribution in [0.2, 0.25) is 0 Å². The van der Waals surface area contributed by atoms with Crippen LogP contribution in [0.5, 0.6) is 0 Å². The number of aliphatic hydroxyl groups excluding tert-OH is 2. The van der Waals surface area contributed by atoms with Gasteiger partial charge in [-0.2, -0.15) is 0 Å². The molecule has 1 aromatic rings. The molecule has 0 fully saturated rings. The average molecular weight is 260 g/mol. The van der Waals surface area contributed by atoms with E-state index in [2.05, 4.69) is 20.9 Å². The van der Waals surface area contributed by atoms with Gasteiger partial charge < -0.3 is 10.2 Å². The van der Waals surface area contributed by atoms with Gasteiger partial charge in [-0.05, 0) is 19.4 Å². The van der Waals surface area contributed by atoms with E-state index in [0.717, 1.165) is 5.69 Å².